The number of para-hydroxylation sites is 1. The third-order valence-corrected chi connectivity index (χ3v) is 4.77. The van der Waals surface area contributed by atoms with Gasteiger partial charge >= 0.3 is 5.97 Å². The number of carbonyl (C=O) groups excluding carboxylic acids is 1. The molecule has 1 N–H and O–H groups in total. The second-order valence-corrected chi connectivity index (χ2v) is 6.53. The highest BCUT2D eigenvalue weighted by molar-refractivity contribution is 7.16. The Hall–Kier alpha value is -2.73. The summed E-state index contributed by atoms with van der Waals surface area (Å²) in [6.45, 7) is 3.49. The number of rotatable bonds is 3. The molecule has 0 spiro atoms. The first-order chi connectivity index (χ1) is 11.5. The molecule has 0 aliphatic heterocycles. The molecule has 3 rings (SSSR count). The van der Waals surface area contributed by atoms with Gasteiger partial charge in [-0.1, -0.05) is 41.2 Å². The van der Waals surface area contributed by atoms with Crippen LogP contribution in [-0.2, 0) is 4.79 Å². The standard InChI is InChI=1S/C18H16N2O3S/c1-11-6-5-7-13(10-11)16(21)19-18-20(12(2)17(22)23)14-8-3-4-9-15(14)24-18/h3-10,12H,1-2H3,(H,22,23)/b19-18-. The molecule has 24 heavy (non-hydrogen) atoms. The Balaban J connectivity index is 2.19. The van der Waals surface area contributed by atoms with Crippen molar-refractivity contribution in [1.29, 1.82) is 0 Å². The lowest BCUT2D eigenvalue weighted by atomic mass is 10.1. The van der Waals surface area contributed by atoms with Crippen LogP contribution in [0, 0.1) is 6.92 Å². The summed E-state index contributed by atoms with van der Waals surface area (Å²) in [5.74, 6) is -1.35. The van der Waals surface area contributed by atoms with Crippen molar-refractivity contribution in [3.8, 4) is 0 Å². The third kappa shape index (κ3) is 3.00. The van der Waals surface area contributed by atoms with E-state index >= 15 is 0 Å². The Morgan fingerprint density at radius 2 is 1.92 bits per heavy atom. The van der Waals surface area contributed by atoms with Gasteiger partial charge in [0.2, 0.25) is 0 Å². The van der Waals surface area contributed by atoms with Crippen molar-refractivity contribution in [2.45, 2.75) is 19.9 Å². The number of fused-ring (bicyclic) bond motifs is 1. The van der Waals surface area contributed by atoms with E-state index in [1.165, 1.54) is 11.3 Å². The Labute approximate surface area is 142 Å². The Morgan fingerprint density at radius 1 is 1.17 bits per heavy atom. The minimum absolute atomic E-state index is 0.378. The summed E-state index contributed by atoms with van der Waals surface area (Å²) < 4.78 is 2.48. The van der Waals surface area contributed by atoms with Crippen molar-refractivity contribution >= 4 is 33.4 Å². The molecule has 1 amide bonds. The number of benzene rings is 2. The van der Waals surface area contributed by atoms with E-state index in [2.05, 4.69) is 4.99 Å². The first kappa shape index (κ1) is 16.1. The molecule has 122 valence electrons. The summed E-state index contributed by atoms with van der Waals surface area (Å²) in [5.41, 5.74) is 2.22. The number of hydrogen-bond acceptors (Lipinski definition) is 3. The zero-order valence-electron chi connectivity index (χ0n) is 13.3. The number of carboxylic acid groups (broad SMARTS) is 1. The number of aliphatic carboxylic acids is 1. The zero-order chi connectivity index (χ0) is 17.3. The average Bonchev–Trinajstić information content (AvgIpc) is 2.91. The number of hydrogen-bond donors (Lipinski definition) is 1. The van der Waals surface area contributed by atoms with Crippen LogP contribution in [0.15, 0.2) is 53.5 Å². The van der Waals surface area contributed by atoms with Crippen LogP contribution in [0.2, 0.25) is 0 Å². The monoisotopic (exact) mass is 340 g/mol. The molecule has 0 bridgehead atoms. The third-order valence-electron chi connectivity index (χ3n) is 3.74. The number of carbonyl (C=O) groups is 2. The highest BCUT2D eigenvalue weighted by Crippen LogP contribution is 2.20. The predicted octanol–water partition coefficient (Wildman–Crippen LogP) is 3.40. The van der Waals surface area contributed by atoms with Gasteiger partial charge in [0.15, 0.2) is 4.80 Å². The van der Waals surface area contributed by atoms with Crippen molar-refractivity contribution in [2.75, 3.05) is 0 Å². The van der Waals surface area contributed by atoms with Gasteiger partial charge in [-0.3, -0.25) is 4.79 Å². The molecule has 1 heterocycles. The van der Waals surface area contributed by atoms with Gasteiger partial charge in [-0.05, 0) is 38.1 Å². The van der Waals surface area contributed by atoms with E-state index < -0.39 is 12.0 Å². The second-order valence-electron chi connectivity index (χ2n) is 5.52. The lowest BCUT2D eigenvalue weighted by molar-refractivity contribution is -0.140. The maximum Gasteiger partial charge on any atom is 0.326 e. The van der Waals surface area contributed by atoms with Crippen molar-refractivity contribution in [3.63, 3.8) is 0 Å². The number of amides is 1. The summed E-state index contributed by atoms with van der Waals surface area (Å²) in [7, 11) is 0. The molecular weight excluding hydrogens is 324 g/mol. The van der Waals surface area contributed by atoms with Crippen LogP contribution < -0.4 is 4.80 Å². The number of thiazole rings is 1. The number of aryl methyl sites for hydroxylation is 1. The van der Waals surface area contributed by atoms with Gasteiger partial charge in [0, 0.05) is 5.56 Å². The van der Waals surface area contributed by atoms with E-state index in [1.807, 2.05) is 37.3 Å². The van der Waals surface area contributed by atoms with Crippen molar-refractivity contribution < 1.29 is 14.7 Å². The average molecular weight is 340 g/mol. The number of carboxylic acids is 1. The zero-order valence-corrected chi connectivity index (χ0v) is 14.1. The van der Waals surface area contributed by atoms with Gasteiger partial charge in [0.25, 0.3) is 5.91 Å². The minimum atomic E-state index is -0.969. The second kappa shape index (κ2) is 6.41. The first-order valence-corrected chi connectivity index (χ1v) is 8.27. The quantitative estimate of drug-likeness (QED) is 0.794. The largest absolute Gasteiger partial charge is 0.480 e. The van der Waals surface area contributed by atoms with Crippen LogP contribution in [0.1, 0.15) is 28.9 Å². The molecule has 0 radical (unpaired) electrons. The molecule has 1 unspecified atom stereocenters. The van der Waals surface area contributed by atoms with Crippen LogP contribution in [0.4, 0.5) is 0 Å². The lowest BCUT2D eigenvalue weighted by Gasteiger charge is -2.09. The summed E-state index contributed by atoms with van der Waals surface area (Å²) in [6, 6.07) is 13.8. The SMILES string of the molecule is Cc1cccc(C(=O)/N=c2\sc3ccccc3n2C(C)C(=O)O)c1. The fourth-order valence-corrected chi connectivity index (χ4v) is 3.58. The summed E-state index contributed by atoms with van der Waals surface area (Å²) in [5, 5.41) is 9.38. The van der Waals surface area contributed by atoms with Crippen LogP contribution in [-0.4, -0.2) is 21.6 Å². The summed E-state index contributed by atoms with van der Waals surface area (Å²) in [4.78, 5) is 28.5. The van der Waals surface area contributed by atoms with E-state index in [1.54, 1.807) is 29.7 Å². The van der Waals surface area contributed by atoms with Gasteiger partial charge in [0.1, 0.15) is 6.04 Å². The predicted molar refractivity (Wildman–Crippen MR) is 93.2 cm³/mol. The Morgan fingerprint density at radius 3 is 2.62 bits per heavy atom. The molecule has 0 aliphatic rings. The molecule has 1 aromatic heterocycles. The maximum absolute atomic E-state index is 12.5. The van der Waals surface area contributed by atoms with Gasteiger partial charge in [-0.15, -0.1) is 0 Å². The van der Waals surface area contributed by atoms with Crippen LogP contribution in [0.5, 0.6) is 0 Å². The van der Waals surface area contributed by atoms with Crippen LogP contribution in [0.25, 0.3) is 10.2 Å². The topological polar surface area (TPSA) is 71.7 Å². The van der Waals surface area contributed by atoms with Gasteiger partial charge in [-0.25, -0.2) is 4.79 Å². The summed E-state index contributed by atoms with van der Waals surface area (Å²) in [6.07, 6.45) is 0. The molecule has 0 saturated heterocycles. The van der Waals surface area contributed by atoms with Crippen molar-refractivity contribution in [3.05, 3.63) is 64.5 Å². The van der Waals surface area contributed by atoms with Crippen LogP contribution >= 0.6 is 11.3 Å². The van der Waals surface area contributed by atoms with E-state index in [-0.39, 0.29) is 5.91 Å². The molecular formula is C18H16N2O3S. The maximum atomic E-state index is 12.5. The smallest absolute Gasteiger partial charge is 0.326 e. The van der Waals surface area contributed by atoms with Crippen molar-refractivity contribution in [1.82, 2.24) is 4.57 Å². The molecule has 2 aromatic carbocycles. The van der Waals surface area contributed by atoms with Gasteiger partial charge in [-0.2, -0.15) is 4.99 Å². The Bertz CT molecular complexity index is 1000. The fraction of sp³-hybridized carbons (Fsp3) is 0.167. The molecule has 0 aliphatic carbocycles. The molecule has 0 fully saturated rings. The van der Waals surface area contributed by atoms with E-state index in [0.717, 1.165) is 15.8 Å². The Kier molecular flexibility index (Phi) is 4.31. The molecule has 5 nitrogen and oxygen atoms in total. The molecule has 3 aromatic rings. The number of nitrogens with zero attached hydrogens (tertiary/aromatic N) is 2. The van der Waals surface area contributed by atoms with E-state index in [9.17, 15) is 14.7 Å². The molecule has 0 saturated carbocycles. The normalized spacial score (nSPS) is 13.2. The molecule has 1 atom stereocenters. The van der Waals surface area contributed by atoms with Crippen LogP contribution in [0.3, 0.4) is 0 Å². The van der Waals surface area contributed by atoms with Crippen molar-refractivity contribution in [2.24, 2.45) is 4.99 Å². The fourth-order valence-electron chi connectivity index (χ4n) is 2.48. The molecule has 6 heteroatoms. The van der Waals surface area contributed by atoms with E-state index in [4.69, 9.17) is 0 Å². The lowest BCUT2D eigenvalue weighted by Crippen LogP contribution is -2.25. The van der Waals surface area contributed by atoms with E-state index in [0.29, 0.717) is 10.4 Å². The minimum Gasteiger partial charge on any atom is -0.480 e. The first-order valence-electron chi connectivity index (χ1n) is 7.46. The highest BCUT2D eigenvalue weighted by atomic mass is 32.1. The number of aromatic nitrogens is 1. The summed E-state index contributed by atoms with van der Waals surface area (Å²) >= 11 is 1.31. The highest BCUT2D eigenvalue weighted by Gasteiger charge is 2.19. The van der Waals surface area contributed by atoms with Gasteiger partial charge in [0.05, 0.1) is 10.2 Å². The van der Waals surface area contributed by atoms with Gasteiger partial charge < -0.3 is 9.67 Å².